The largest absolute Gasteiger partial charge is 0.497 e. The van der Waals surface area contributed by atoms with Crippen LogP contribution in [0.15, 0.2) is 47.4 Å². The summed E-state index contributed by atoms with van der Waals surface area (Å²) in [4.78, 5) is 15.1. The highest BCUT2D eigenvalue weighted by molar-refractivity contribution is 7.92. The number of hydrogen-bond donors (Lipinski definition) is 3. The van der Waals surface area contributed by atoms with E-state index >= 15 is 0 Å². The number of carbonyl (C=O) groups is 1. The van der Waals surface area contributed by atoms with E-state index in [0.29, 0.717) is 24.6 Å². The van der Waals surface area contributed by atoms with Crippen LogP contribution in [0.5, 0.6) is 11.5 Å². The van der Waals surface area contributed by atoms with Crippen molar-refractivity contribution in [1.29, 1.82) is 0 Å². The van der Waals surface area contributed by atoms with Crippen molar-refractivity contribution in [2.45, 2.75) is 30.9 Å². The van der Waals surface area contributed by atoms with Gasteiger partial charge in [0.2, 0.25) is 0 Å². The van der Waals surface area contributed by atoms with E-state index in [9.17, 15) is 18.3 Å². The molecule has 0 bridgehead atoms. The Morgan fingerprint density at radius 3 is 2.55 bits per heavy atom. The van der Waals surface area contributed by atoms with Crippen LogP contribution in [0, 0.1) is 5.92 Å². The summed E-state index contributed by atoms with van der Waals surface area (Å²) in [6.45, 7) is 4.55. The van der Waals surface area contributed by atoms with Crippen molar-refractivity contribution in [1.82, 2.24) is 10.2 Å². The molecule has 10 heteroatoms. The predicted octanol–water partition coefficient (Wildman–Crippen LogP) is 1.94. The van der Waals surface area contributed by atoms with Crippen molar-refractivity contribution in [3.63, 3.8) is 0 Å². The molecule has 0 aromatic heterocycles. The molecule has 1 aliphatic heterocycles. The van der Waals surface area contributed by atoms with Crippen molar-refractivity contribution >= 4 is 21.6 Å². The van der Waals surface area contributed by atoms with Gasteiger partial charge < -0.3 is 24.8 Å². The van der Waals surface area contributed by atoms with Gasteiger partial charge >= 0.3 is 0 Å². The second kappa shape index (κ2) is 10.4. The molecule has 0 saturated carbocycles. The summed E-state index contributed by atoms with van der Waals surface area (Å²) in [5.41, 5.74) is 0.468. The van der Waals surface area contributed by atoms with Crippen LogP contribution in [0.2, 0.25) is 0 Å². The number of anilines is 1. The molecule has 0 aliphatic carbocycles. The fourth-order valence-corrected chi connectivity index (χ4v) is 4.75. The lowest BCUT2D eigenvalue weighted by atomic mass is 9.99. The van der Waals surface area contributed by atoms with Crippen LogP contribution in [0.4, 0.5) is 5.69 Å². The maximum absolute atomic E-state index is 13.4. The maximum Gasteiger partial charge on any atom is 0.261 e. The maximum atomic E-state index is 13.4. The van der Waals surface area contributed by atoms with Gasteiger partial charge in [-0.15, -0.1) is 0 Å². The van der Waals surface area contributed by atoms with Crippen LogP contribution in [0.1, 0.15) is 24.2 Å². The van der Waals surface area contributed by atoms with Crippen LogP contribution in [-0.2, 0) is 10.0 Å². The minimum atomic E-state index is -3.88. The van der Waals surface area contributed by atoms with Crippen LogP contribution in [0.3, 0.4) is 0 Å². The molecule has 9 nitrogen and oxygen atoms in total. The molecule has 0 radical (unpaired) electrons. The number of amides is 1. The van der Waals surface area contributed by atoms with Crippen molar-refractivity contribution in [2.24, 2.45) is 5.92 Å². The Hall–Kier alpha value is -2.82. The van der Waals surface area contributed by atoms with Gasteiger partial charge in [0.15, 0.2) is 0 Å². The van der Waals surface area contributed by atoms with Crippen LogP contribution >= 0.6 is 0 Å². The summed E-state index contributed by atoms with van der Waals surface area (Å²) in [5, 5.41) is 12.8. The number of rotatable bonds is 8. The van der Waals surface area contributed by atoms with E-state index in [0.717, 1.165) is 0 Å². The summed E-state index contributed by atoms with van der Waals surface area (Å²) < 4.78 is 39.5. The molecule has 1 heterocycles. The number of nitrogens with one attached hydrogen (secondary N) is 2. The average Bonchev–Trinajstić information content (AvgIpc) is 2.81. The highest BCUT2D eigenvalue weighted by Crippen LogP contribution is 2.31. The first-order valence-corrected chi connectivity index (χ1v) is 12.2. The quantitative estimate of drug-likeness (QED) is 0.532. The molecule has 3 rings (SSSR count). The lowest BCUT2D eigenvalue weighted by Crippen LogP contribution is -2.49. The first-order chi connectivity index (χ1) is 15.7. The van der Waals surface area contributed by atoms with E-state index in [4.69, 9.17) is 9.47 Å². The number of carbonyl (C=O) groups excluding carboxylic acids is 1. The highest BCUT2D eigenvalue weighted by Gasteiger charge is 2.33. The molecule has 1 aliphatic rings. The summed E-state index contributed by atoms with van der Waals surface area (Å²) in [7, 11) is -0.556. The molecular weight excluding hydrogens is 446 g/mol. The number of aliphatic hydroxyl groups is 1. The fourth-order valence-electron chi connectivity index (χ4n) is 3.70. The summed E-state index contributed by atoms with van der Waals surface area (Å²) in [6, 6.07) is 10.2. The smallest absolute Gasteiger partial charge is 0.261 e. The Kier molecular flexibility index (Phi) is 7.83. The van der Waals surface area contributed by atoms with Crippen LogP contribution in [0.25, 0.3) is 0 Å². The monoisotopic (exact) mass is 477 g/mol. The Balaban J connectivity index is 1.97. The van der Waals surface area contributed by atoms with E-state index in [-0.39, 0.29) is 40.7 Å². The van der Waals surface area contributed by atoms with Crippen molar-refractivity contribution in [3.8, 4) is 11.5 Å². The molecule has 0 fully saturated rings. The number of sulfonamides is 1. The molecule has 3 atom stereocenters. The van der Waals surface area contributed by atoms with Gasteiger partial charge in [0, 0.05) is 24.7 Å². The average molecular weight is 478 g/mol. The van der Waals surface area contributed by atoms with E-state index in [1.54, 1.807) is 36.1 Å². The number of likely N-dealkylation sites (N-methyl/N-ethyl adjacent to an activating group) is 1. The zero-order chi connectivity index (χ0) is 24.2. The zero-order valence-electron chi connectivity index (χ0n) is 19.2. The number of ether oxygens (including phenoxy) is 2. The number of methoxy groups -OCH3 is 1. The third-order valence-corrected chi connectivity index (χ3v) is 7.09. The molecule has 180 valence electrons. The number of benzene rings is 2. The number of fused-ring (bicyclic) bond motifs is 1. The normalized spacial score (nSPS) is 19.7. The Morgan fingerprint density at radius 1 is 1.24 bits per heavy atom. The van der Waals surface area contributed by atoms with Crippen LogP contribution < -0.4 is 19.5 Å². The first kappa shape index (κ1) is 24.8. The Bertz CT molecular complexity index is 1070. The van der Waals surface area contributed by atoms with Crippen molar-refractivity contribution in [2.75, 3.05) is 38.6 Å². The van der Waals surface area contributed by atoms with Crippen molar-refractivity contribution in [3.05, 3.63) is 48.0 Å². The molecule has 3 N–H and O–H groups in total. The zero-order valence-corrected chi connectivity index (χ0v) is 20.1. The van der Waals surface area contributed by atoms with E-state index in [2.05, 4.69) is 10.0 Å². The third-order valence-electron chi connectivity index (χ3n) is 5.69. The van der Waals surface area contributed by atoms with Gasteiger partial charge in [-0.25, -0.2) is 8.42 Å². The van der Waals surface area contributed by atoms with Gasteiger partial charge in [-0.1, -0.05) is 6.92 Å². The van der Waals surface area contributed by atoms with Crippen molar-refractivity contribution < 1.29 is 27.8 Å². The van der Waals surface area contributed by atoms with Gasteiger partial charge in [0.05, 0.1) is 30.2 Å². The summed E-state index contributed by atoms with van der Waals surface area (Å²) in [5.74, 6) is 0.596. The van der Waals surface area contributed by atoms with E-state index < -0.39 is 16.1 Å². The third kappa shape index (κ3) is 5.58. The summed E-state index contributed by atoms with van der Waals surface area (Å²) in [6.07, 6.45) is -0.211. The van der Waals surface area contributed by atoms with Gasteiger partial charge in [-0.3, -0.25) is 9.52 Å². The topological polar surface area (TPSA) is 117 Å². The standard InChI is InChI=1S/C23H31N3O6S/c1-15-13-26(16(2)14-27)23(28)20-11-17(5-10-21(20)32-22(15)12-24-3)25-33(29,30)19-8-6-18(31-4)7-9-19/h5-11,15-16,22,24-25,27H,12-14H2,1-4H3/t15-,16-,22-/m1/s1. The predicted molar refractivity (Wildman–Crippen MR) is 125 cm³/mol. The minimum Gasteiger partial charge on any atom is -0.497 e. The number of aliphatic hydroxyl groups excluding tert-OH is 1. The van der Waals surface area contributed by atoms with Gasteiger partial charge in [-0.2, -0.15) is 0 Å². The van der Waals surface area contributed by atoms with Gasteiger partial charge in [-0.05, 0) is 56.4 Å². The number of nitrogens with zero attached hydrogens (tertiary/aromatic N) is 1. The summed E-state index contributed by atoms with van der Waals surface area (Å²) >= 11 is 0. The second-order valence-electron chi connectivity index (χ2n) is 8.17. The lowest BCUT2D eigenvalue weighted by Gasteiger charge is -2.37. The van der Waals surface area contributed by atoms with Crippen LogP contribution in [-0.4, -0.2) is 70.3 Å². The number of hydrogen-bond acceptors (Lipinski definition) is 7. The molecular formula is C23H31N3O6S. The molecule has 2 aromatic rings. The fraction of sp³-hybridized carbons (Fsp3) is 0.435. The van der Waals surface area contributed by atoms with Gasteiger partial charge in [0.1, 0.15) is 17.6 Å². The Morgan fingerprint density at radius 2 is 1.94 bits per heavy atom. The molecule has 1 amide bonds. The molecule has 0 spiro atoms. The second-order valence-corrected chi connectivity index (χ2v) is 9.85. The minimum absolute atomic E-state index is 0.0109. The van der Waals surface area contributed by atoms with E-state index in [1.165, 1.54) is 25.3 Å². The molecule has 33 heavy (non-hydrogen) atoms. The van der Waals surface area contributed by atoms with Gasteiger partial charge in [0.25, 0.3) is 15.9 Å². The molecule has 0 saturated heterocycles. The van der Waals surface area contributed by atoms with E-state index in [1.807, 2.05) is 14.0 Å². The molecule has 0 unspecified atom stereocenters. The SMILES string of the molecule is CNC[C@H]1Oc2ccc(NS(=O)(=O)c3ccc(OC)cc3)cc2C(=O)N([C@H](C)CO)C[C@H]1C. The Labute approximate surface area is 194 Å². The highest BCUT2D eigenvalue weighted by atomic mass is 32.2. The first-order valence-electron chi connectivity index (χ1n) is 10.7. The molecule has 2 aromatic carbocycles. The lowest BCUT2D eigenvalue weighted by molar-refractivity contribution is 0.0416.